The third kappa shape index (κ3) is 5.72. The summed E-state index contributed by atoms with van der Waals surface area (Å²) in [7, 11) is 0. The first kappa shape index (κ1) is 25.2. The number of rotatable bonds is 7. The van der Waals surface area contributed by atoms with Crippen molar-refractivity contribution in [1.29, 1.82) is 0 Å². The summed E-state index contributed by atoms with van der Waals surface area (Å²) in [6.07, 6.45) is 8.00. The normalized spacial score (nSPS) is 22.6. The van der Waals surface area contributed by atoms with Crippen molar-refractivity contribution in [3.63, 3.8) is 0 Å². The van der Waals surface area contributed by atoms with Crippen molar-refractivity contribution < 1.29 is 34.1 Å². The van der Waals surface area contributed by atoms with Gasteiger partial charge in [0.15, 0.2) is 5.72 Å². The van der Waals surface area contributed by atoms with E-state index in [-0.39, 0.29) is 30.6 Å². The van der Waals surface area contributed by atoms with Crippen LogP contribution >= 0.6 is 0 Å². The first-order valence-corrected chi connectivity index (χ1v) is 11.1. The van der Waals surface area contributed by atoms with Gasteiger partial charge in [0, 0.05) is 51.4 Å². The molecule has 0 unspecified atom stereocenters. The van der Waals surface area contributed by atoms with Gasteiger partial charge in [-0.15, -0.1) is 0 Å². The van der Waals surface area contributed by atoms with E-state index in [0.29, 0.717) is 19.6 Å². The molecule has 1 aromatic heterocycles. The fourth-order valence-electron chi connectivity index (χ4n) is 4.89. The topological polar surface area (TPSA) is 134 Å². The van der Waals surface area contributed by atoms with Gasteiger partial charge < -0.3 is 29.2 Å². The Morgan fingerprint density at radius 2 is 2.03 bits per heavy atom. The van der Waals surface area contributed by atoms with Crippen molar-refractivity contribution in [2.45, 2.75) is 44.1 Å². The highest BCUT2D eigenvalue weighted by Crippen LogP contribution is 2.45. The minimum Gasteiger partial charge on any atom is -0.494 e. The molecule has 5 rings (SSSR count). The molecule has 184 valence electrons. The monoisotopic (exact) mass is 474 g/mol. The molecule has 0 radical (unpaired) electrons. The number of aromatic nitrogens is 2. The quantitative estimate of drug-likeness (QED) is 0.449. The van der Waals surface area contributed by atoms with Crippen LogP contribution in [-0.2, 0) is 32.2 Å². The maximum Gasteiger partial charge on any atom is 0.290 e. The van der Waals surface area contributed by atoms with Gasteiger partial charge in [0.05, 0.1) is 25.6 Å². The van der Waals surface area contributed by atoms with E-state index < -0.39 is 0 Å². The summed E-state index contributed by atoms with van der Waals surface area (Å²) < 4.78 is 14.1. The average molecular weight is 475 g/mol. The number of benzene rings is 1. The largest absolute Gasteiger partial charge is 0.494 e. The fourth-order valence-corrected chi connectivity index (χ4v) is 4.89. The van der Waals surface area contributed by atoms with Crippen LogP contribution < -0.4 is 4.74 Å². The van der Waals surface area contributed by atoms with Crippen molar-refractivity contribution in [3.05, 3.63) is 48.5 Å². The second-order valence-electron chi connectivity index (χ2n) is 8.04. The summed E-state index contributed by atoms with van der Waals surface area (Å²) in [5.41, 5.74) is 0.853. The number of imidazole rings is 1. The molecule has 0 saturated carbocycles. The van der Waals surface area contributed by atoms with Gasteiger partial charge in [0.1, 0.15) is 5.75 Å². The second kappa shape index (κ2) is 12.1. The lowest BCUT2D eigenvalue weighted by Gasteiger charge is -2.31. The molecule has 3 saturated heterocycles. The summed E-state index contributed by atoms with van der Waals surface area (Å²) in [5, 5.41) is 13.8. The first-order chi connectivity index (χ1) is 16.6. The van der Waals surface area contributed by atoms with E-state index in [2.05, 4.69) is 26.6 Å². The van der Waals surface area contributed by atoms with Gasteiger partial charge in [-0.05, 0) is 24.1 Å². The molecule has 3 aliphatic rings. The number of aryl methyl sites for hydroxylation is 1. The number of hydrogen-bond acceptors (Lipinski definition) is 7. The lowest BCUT2D eigenvalue weighted by Crippen LogP contribution is -2.47. The molecule has 3 aliphatic heterocycles. The molecular formula is C23H30N4O7. The summed E-state index contributed by atoms with van der Waals surface area (Å²) in [5.74, 6) is 1.14. The minimum atomic E-state index is -0.363. The number of nitrogens with zero attached hydrogens (tertiary/aromatic N) is 4. The van der Waals surface area contributed by atoms with Crippen LogP contribution in [0.5, 0.6) is 5.75 Å². The summed E-state index contributed by atoms with van der Waals surface area (Å²) in [6, 6.07) is 8.47. The smallest absolute Gasteiger partial charge is 0.290 e. The van der Waals surface area contributed by atoms with Crippen LogP contribution in [0.2, 0.25) is 0 Å². The third-order valence-corrected chi connectivity index (χ3v) is 6.18. The molecule has 11 nitrogen and oxygen atoms in total. The predicted molar refractivity (Wildman–Crippen MR) is 120 cm³/mol. The van der Waals surface area contributed by atoms with Gasteiger partial charge in [-0.2, -0.15) is 0 Å². The van der Waals surface area contributed by atoms with E-state index in [1.807, 2.05) is 29.6 Å². The van der Waals surface area contributed by atoms with Crippen molar-refractivity contribution in [2.75, 3.05) is 26.3 Å². The van der Waals surface area contributed by atoms with Crippen molar-refractivity contribution in [3.8, 4) is 5.75 Å². The molecule has 3 fully saturated rings. The van der Waals surface area contributed by atoms with Crippen LogP contribution in [0, 0.1) is 0 Å². The molecule has 2 N–H and O–H groups in total. The molecule has 1 aromatic carbocycles. The molecule has 34 heavy (non-hydrogen) atoms. The Morgan fingerprint density at radius 1 is 1.24 bits per heavy atom. The molecule has 4 heterocycles. The summed E-state index contributed by atoms with van der Waals surface area (Å²) >= 11 is 0. The first-order valence-electron chi connectivity index (χ1n) is 11.1. The molecule has 11 heteroatoms. The van der Waals surface area contributed by atoms with Gasteiger partial charge in [0.2, 0.25) is 5.91 Å². The van der Waals surface area contributed by atoms with Gasteiger partial charge in [-0.1, -0.05) is 12.1 Å². The fraction of sp³-hybridized carbons (Fsp3) is 0.478. The summed E-state index contributed by atoms with van der Waals surface area (Å²) in [6.45, 7) is 4.27. The Hall–Kier alpha value is -3.44. The zero-order valence-electron chi connectivity index (χ0n) is 18.9. The molecule has 1 spiro atoms. The highest BCUT2D eigenvalue weighted by atomic mass is 16.5. The number of ether oxygens (including phenoxy) is 2. The Balaban J connectivity index is 0.000000492. The van der Waals surface area contributed by atoms with Gasteiger partial charge in [-0.3, -0.25) is 19.3 Å². The maximum atomic E-state index is 12.3. The highest BCUT2D eigenvalue weighted by Gasteiger charge is 2.61. The minimum absolute atomic E-state index is 0.169. The lowest BCUT2D eigenvalue weighted by atomic mass is 10.1. The van der Waals surface area contributed by atoms with Crippen LogP contribution in [0.3, 0.4) is 0 Å². The Labute approximate surface area is 197 Å². The van der Waals surface area contributed by atoms with Crippen molar-refractivity contribution >= 4 is 18.9 Å². The van der Waals surface area contributed by atoms with E-state index in [9.17, 15) is 4.79 Å². The Bertz CT molecular complexity index is 933. The zero-order chi connectivity index (χ0) is 24.4. The molecule has 2 atom stereocenters. The zero-order valence-corrected chi connectivity index (χ0v) is 18.9. The van der Waals surface area contributed by atoms with Crippen LogP contribution in [0.15, 0.2) is 43.0 Å². The van der Waals surface area contributed by atoms with Crippen molar-refractivity contribution in [1.82, 2.24) is 19.4 Å². The standard InChI is InChI=1S/C21H26N4O3.2CH2O2/c26-20-14-19-21(25(20)10-12-28-21)5-8-24(19)15-17-3-1-4-18(13-17)27-11-2-7-23-9-6-22-16-23;2*2-1-3/h1,3-4,6,9,13,16,19H,2,5,7-8,10-12,14-15H2;2*1H,(H,2,3)/t19-,21+;;/m1../s1. The van der Waals surface area contributed by atoms with Gasteiger partial charge >= 0.3 is 0 Å². The third-order valence-electron chi connectivity index (χ3n) is 6.18. The molecule has 0 aliphatic carbocycles. The van der Waals surface area contributed by atoms with E-state index in [1.165, 1.54) is 5.56 Å². The molecule has 2 aromatic rings. The summed E-state index contributed by atoms with van der Waals surface area (Å²) in [4.78, 5) is 37.5. The van der Waals surface area contributed by atoms with Gasteiger partial charge in [-0.25, -0.2) is 4.98 Å². The number of carbonyl (C=O) groups is 3. The van der Waals surface area contributed by atoms with E-state index in [1.54, 1.807) is 6.20 Å². The Morgan fingerprint density at radius 3 is 2.76 bits per heavy atom. The average Bonchev–Trinajstić information content (AvgIpc) is 3.59. The molecular weight excluding hydrogens is 444 g/mol. The highest BCUT2D eigenvalue weighted by molar-refractivity contribution is 5.81. The maximum absolute atomic E-state index is 12.3. The number of carboxylic acid groups (broad SMARTS) is 2. The number of carbonyl (C=O) groups excluding carboxylic acids is 1. The van der Waals surface area contributed by atoms with Crippen LogP contribution in [0.1, 0.15) is 24.8 Å². The van der Waals surface area contributed by atoms with Crippen LogP contribution in [0.4, 0.5) is 0 Å². The predicted octanol–water partition coefficient (Wildman–Crippen LogP) is 1.29. The lowest BCUT2D eigenvalue weighted by molar-refractivity contribution is -0.136. The Kier molecular flexibility index (Phi) is 9.00. The van der Waals surface area contributed by atoms with Crippen LogP contribution in [-0.4, -0.2) is 86.5 Å². The van der Waals surface area contributed by atoms with E-state index in [4.69, 9.17) is 29.3 Å². The SMILES string of the molecule is O=C1C[C@H]2N(Cc3cccc(OCCCn4ccnc4)c3)CC[C@]23OCCN13.O=CO.O=CO. The number of likely N-dealkylation sites (tertiary alicyclic amines) is 1. The molecule has 1 amide bonds. The van der Waals surface area contributed by atoms with Crippen molar-refractivity contribution in [2.24, 2.45) is 0 Å². The van der Waals surface area contributed by atoms with E-state index >= 15 is 0 Å². The second-order valence-corrected chi connectivity index (χ2v) is 8.04. The number of amides is 1. The van der Waals surface area contributed by atoms with E-state index in [0.717, 1.165) is 44.8 Å². The number of hydrogen-bond donors (Lipinski definition) is 2. The van der Waals surface area contributed by atoms with Crippen LogP contribution in [0.25, 0.3) is 0 Å². The van der Waals surface area contributed by atoms with Gasteiger partial charge in [0.25, 0.3) is 12.9 Å². The molecule has 0 bridgehead atoms.